The van der Waals surface area contributed by atoms with Crippen LogP contribution in [0.2, 0.25) is 0 Å². The van der Waals surface area contributed by atoms with E-state index in [4.69, 9.17) is 0 Å². The average molecular weight is 339 g/mol. The monoisotopic (exact) mass is 338 g/mol. The van der Waals surface area contributed by atoms with Crippen molar-refractivity contribution in [2.24, 2.45) is 0 Å². The van der Waals surface area contributed by atoms with E-state index in [0.29, 0.717) is 12.6 Å². The summed E-state index contributed by atoms with van der Waals surface area (Å²) in [5.74, 6) is 0. The molecule has 5 nitrogen and oxygen atoms in total. The van der Waals surface area contributed by atoms with E-state index in [1.54, 1.807) is 9.80 Å². The second-order valence-electron chi connectivity index (χ2n) is 7.18. The highest BCUT2D eigenvalue weighted by molar-refractivity contribution is 5.05. The van der Waals surface area contributed by atoms with Crippen LogP contribution in [0, 0.1) is 0 Å². The quantitative estimate of drug-likeness (QED) is 0.444. The number of nitrogens with zero attached hydrogens (tertiary/aromatic N) is 2. The molecule has 2 unspecified atom stereocenters. The second kappa shape index (κ2) is 5.78. The lowest BCUT2D eigenvalue weighted by Crippen LogP contribution is -3.41. The van der Waals surface area contributed by atoms with Crippen LogP contribution < -0.4 is 34.6 Å². The number of hydrogen-bond acceptors (Lipinski definition) is 3. The lowest BCUT2D eigenvalue weighted by Gasteiger charge is -2.63. The molecule has 0 radical (unpaired) electrons. The fraction of sp³-hybridized carbons (Fsp3) is 1.00. The Morgan fingerprint density at radius 3 is 2.43 bits per heavy atom. The van der Waals surface area contributed by atoms with Crippen molar-refractivity contribution >= 4 is 0 Å². The summed E-state index contributed by atoms with van der Waals surface area (Å²) in [5.41, 5.74) is 0.424. The number of aliphatic hydroxyl groups is 1. The molecule has 0 aliphatic carbocycles. The van der Waals surface area contributed by atoms with Crippen LogP contribution in [0.3, 0.4) is 0 Å². The van der Waals surface area contributed by atoms with Gasteiger partial charge >= 0.3 is 0 Å². The molecule has 0 aromatic heterocycles. The molecule has 0 amide bonds. The number of quaternary nitrogens is 2. The molecule has 3 N–H and O–H groups in total. The summed E-state index contributed by atoms with van der Waals surface area (Å²) in [5, 5.41) is 9.75. The summed E-state index contributed by atoms with van der Waals surface area (Å²) in [7, 11) is 0. The third-order valence-electron chi connectivity index (χ3n) is 6.91. The molecule has 4 fully saturated rings. The van der Waals surface area contributed by atoms with Gasteiger partial charge in [-0.05, 0) is 0 Å². The molecule has 0 aromatic rings. The van der Waals surface area contributed by atoms with E-state index in [1.165, 1.54) is 39.1 Å². The Morgan fingerprint density at radius 2 is 1.71 bits per heavy atom. The first-order valence-corrected chi connectivity index (χ1v) is 7.95. The van der Waals surface area contributed by atoms with Crippen LogP contribution in [0.4, 0.5) is 0 Å². The van der Waals surface area contributed by atoms with E-state index in [0.717, 1.165) is 13.1 Å². The van der Waals surface area contributed by atoms with Crippen LogP contribution in [-0.2, 0) is 0 Å². The van der Waals surface area contributed by atoms with Crippen molar-refractivity contribution in [1.82, 2.24) is 9.80 Å². The molecule has 4 aliphatic rings. The molecule has 4 heterocycles. The highest BCUT2D eigenvalue weighted by Gasteiger charge is 2.73. The Bertz CT molecular complexity index is 393. The Balaban J connectivity index is 0.000000807. The molecule has 5 atom stereocenters. The SMILES string of the molecule is C[C@]12N3CCN4CCC[NH+](CC[NH+]1C[C@@H]3CO)[C@@]42C.[Cl-].[Cl-]. The topological polar surface area (TPSA) is 35.6 Å². The Morgan fingerprint density at radius 1 is 1.00 bits per heavy atom. The number of aliphatic hydroxyl groups excluding tert-OH is 1. The minimum atomic E-state index is 0. The molecule has 0 spiro atoms. The van der Waals surface area contributed by atoms with Gasteiger partial charge in [0, 0.05) is 39.9 Å². The average Bonchev–Trinajstić information content (AvgIpc) is 2.70. The number of piperazine rings is 2. The van der Waals surface area contributed by atoms with E-state index in [2.05, 4.69) is 23.6 Å². The summed E-state index contributed by atoms with van der Waals surface area (Å²) in [4.78, 5) is 8.89. The van der Waals surface area contributed by atoms with Crippen molar-refractivity contribution in [2.45, 2.75) is 37.6 Å². The maximum atomic E-state index is 9.75. The molecule has 0 aromatic carbocycles. The van der Waals surface area contributed by atoms with Crippen molar-refractivity contribution in [2.75, 3.05) is 52.4 Å². The van der Waals surface area contributed by atoms with Crippen LogP contribution in [0.1, 0.15) is 20.3 Å². The molecular weight excluding hydrogens is 311 g/mol. The molecule has 7 heteroatoms. The maximum Gasteiger partial charge on any atom is 0.222 e. The number of nitrogens with one attached hydrogen (secondary N) is 2. The number of rotatable bonds is 1. The van der Waals surface area contributed by atoms with Gasteiger partial charge in [-0.25, -0.2) is 9.80 Å². The van der Waals surface area contributed by atoms with E-state index in [-0.39, 0.29) is 36.1 Å². The summed E-state index contributed by atoms with van der Waals surface area (Å²) >= 11 is 0. The van der Waals surface area contributed by atoms with Gasteiger partial charge in [-0.2, -0.15) is 0 Å². The molecule has 21 heavy (non-hydrogen) atoms. The predicted molar refractivity (Wildman–Crippen MR) is 72.0 cm³/mol. The lowest BCUT2D eigenvalue weighted by atomic mass is 9.83. The Kier molecular flexibility index (Phi) is 4.88. The molecule has 124 valence electrons. The maximum absolute atomic E-state index is 9.75. The smallest absolute Gasteiger partial charge is 0.222 e. The van der Waals surface area contributed by atoms with Crippen molar-refractivity contribution < 1.29 is 39.7 Å². The Labute approximate surface area is 140 Å². The van der Waals surface area contributed by atoms with Crippen LogP contribution in [0.25, 0.3) is 0 Å². The van der Waals surface area contributed by atoms with E-state index >= 15 is 0 Å². The standard InChI is InChI=1S/C14H26N4O.2ClH/c1-13-14(2)17-7-6-15(13)4-3-5-16(13)8-9-18(14)12(10-17)11-19;;/h12,19H,3-11H2,1-2H3;2*1H/t12-,13+,14-;;/m1../s1. The zero-order valence-corrected chi connectivity index (χ0v) is 14.6. The number of hydrogen-bond donors (Lipinski definition) is 3. The Hall–Kier alpha value is 0.380. The van der Waals surface area contributed by atoms with Crippen molar-refractivity contribution in [3.63, 3.8) is 0 Å². The highest BCUT2D eigenvalue weighted by Crippen LogP contribution is 2.35. The van der Waals surface area contributed by atoms with Gasteiger partial charge in [0.15, 0.2) is 0 Å². The van der Waals surface area contributed by atoms with Gasteiger partial charge in [-0.15, -0.1) is 0 Å². The van der Waals surface area contributed by atoms with Gasteiger partial charge < -0.3 is 39.7 Å². The second-order valence-corrected chi connectivity index (χ2v) is 7.18. The largest absolute Gasteiger partial charge is 1.00 e. The molecular formula is C14H28Cl2N4O. The summed E-state index contributed by atoms with van der Waals surface area (Å²) in [6, 6.07) is 0.375. The third kappa shape index (κ3) is 1.95. The van der Waals surface area contributed by atoms with Gasteiger partial charge in [0.25, 0.3) is 0 Å². The first kappa shape index (κ1) is 17.7. The summed E-state index contributed by atoms with van der Waals surface area (Å²) < 4.78 is 0. The van der Waals surface area contributed by atoms with E-state index in [1.807, 2.05) is 0 Å². The fourth-order valence-electron chi connectivity index (χ4n) is 5.76. The van der Waals surface area contributed by atoms with Gasteiger partial charge in [-0.1, -0.05) is 0 Å². The van der Waals surface area contributed by atoms with Crippen LogP contribution in [0.15, 0.2) is 0 Å². The van der Waals surface area contributed by atoms with Gasteiger partial charge in [0.05, 0.1) is 25.7 Å². The van der Waals surface area contributed by atoms with E-state index in [9.17, 15) is 5.11 Å². The highest BCUT2D eigenvalue weighted by atomic mass is 35.5. The van der Waals surface area contributed by atoms with Crippen molar-refractivity contribution in [1.29, 1.82) is 0 Å². The molecule has 4 aliphatic heterocycles. The molecule has 0 saturated carbocycles. The third-order valence-corrected chi connectivity index (χ3v) is 6.91. The fourth-order valence-corrected chi connectivity index (χ4v) is 5.76. The lowest BCUT2D eigenvalue weighted by molar-refractivity contribution is -1.09. The summed E-state index contributed by atoms with van der Waals surface area (Å²) in [6.07, 6.45) is 1.35. The van der Waals surface area contributed by atoms with E-state index < -0.39 is 0 Å². The number of halogens is 2. The van der Waals surface area contributed by atoms with Crippen LogP contribution in [0.5, 0.6) is 0 Å². The van der Waals surface area contributed by atoms with Crippen molar-refractivity contribution in [3.05, 3.63) is 0 Å². The minimum absolute atomic E-state index is 0. The zero-order chi connectivity index (χ0) is 13.3. The minimum Gasteiger partial charge on any atom is -1.00 e. The molecule has 0 bridgehead atoms. The van der Waals surface area contributed by atoms with Gasteiger partial charge in [-0.3, -0.25) is 0 Å². The zero-order valence-electron chi connectivity index (χ0n) is 13.0. The normalized spacial score (nSPS) is 49.0. The van der Waals surface area contributed by atoms with Gasteiger partial charge in [0.2, 0.25) is 11.3 Å². The van der Waals surface area contributed by atoms with Crippen LogP contribution >= 0.6 is 0 Å². The van der Waals surface area contributed by atoms with Crippen molar-refractivity contribution in [3.8, 4) is 0 Å². The van der Waals surface area contributed by atoms with Gasteiger partial charge in [0.1, 0.15) is 13.1 Å². The van der Waals surface area contributed by atoms with Crippen LogP contribution in [-0.4, -0.2) is 84.7 Å². The first-order valence-electron chi connectivity index (χ1n) is 7.95. The summed E-state index contributed by atoms with van der Waals surface area (Å²) in [6.45, 7) is 13.9. The molecule has 4 rings (SSSR count). The predicted octanol–water partition coefficient (Wildman–Crippen LogP) is -9.39. The first-order chi connectivity index (χ1) is 9.12. The molecule has 4 saturated heterocycles.